The molecule has 0 aliphatic carbocycles. The third-order valence-electron chi connectivity index (χ3n) is 3.75. The van der Waals surface area contributed by atoms with Gasteiger partial charge in [0.15, 0.2) is 11.2 Å². The molecule has 3 rings (SSSR count). The van der Waals surface area contributed by atoms with Crippen molar-refractivity contribution >= 4 is 11.2 Å². The molecule has 108 valence electrons. The summed E-state index contributed by atoms with van der Waals surface area (Å²) in [6, 6.07) is 3.80. The van der Waals surface area contributed by atoms with Crippen LogP contribution in [0.25, 0.3) is 11.2 Å². The van der Waals surface area contributed by atoms with Crippen LogP contribution in [0.5, 0.6) is 0 Å². The summed E-state index contributed by atoms with van der Waals surface area (Å²) in [5.74, 6) is -0.356. The zero-order chi connectivity index (χ0) is 13.9. The first-order valence-electron chi connectivity index (χ1n) is 7.05. The minimum atomic E-state index is -0.356. The molecule has 20 heavy (non-hydrogen) atoms. The minimum absolute atomic E-state index is 0.283. The predicted octanol–water partition coefficient (Wildman–Crippen LogP) is 1.15. The van der Waals surface area contributed by atoms with Crippen LogP contribution in [0.3, 0.4) is 0 Å². The highest BCUT2D eigenvalue weighted by molar-refractivity contribution is 5.67. The number of oxazole rings is 1. The van der Waals surface area contributed by atoms with Crippen LogP contribution >= 0.6 is 0 Å². The topological polar surface area (TPSA) is 69.3 Å². The molecule has 2 aromatic heterocycles. The third kappa shape index (κ3) is 2.62. The minimum Gasteiger partial charge on any atom is -0.406 e. The van der Waals surface area contributed by atoms with E-state index in [4.69, 9.17) is 9.15 Å². The van der Waals surface area contributed by atoms with E-state index in [0.29, 0.717) is 30.4 Å². The van der Waals surface area contributed by atoms with E-state index in [9.17, 15) is 4.79 Å². The molecule has 2 atom stereocenters. The van der Waals surface area contributed by atoms with Gasteiger partial charge in [-0.3, -0.25) is 4.57 Å². The lowest BCUT2D eigenvalue weighted by atomic mass is 10.1. The average molecular weight is 277 g/mol. The standard InChI is InChI=1S/C14H19N3O3/c1-10(11-5-3-9-19-11)15-7-8-17-13-12(20-14(17)18)4-2-6-16-13/h2,4,6,10-11,15H,3,5,7-9H2,1H3. The first-order chi connectivity index (χ1) is 9.75. The maximum atomic E-state index is 11.8. The van der Waals surface area contributed by atoms with Crippen molar-refractivity contribution in [1.82, 2.24) is 14.9 Å². The Hall–Kier alpha value is -1.66. The highest BCUT2D eigenvalue weighted by Gasteiger charge is 2.21. The SMILES string of the molecule is CC(NCCn1c(=O)oc2cccnc21)C1CCCO1. The number of rotatable bonds is 5. The maximum Gasteiger partial charge on any atom is 0.421 e. The van der Waals surface area contributed by atoms with Crippen molar-refractivity contribution in [2.45, 2.75) is 38.5 Å². The molecule has 1 aliphatic rings. The second-order valence-electron chi connectivity index (χ2n) is 5.14. The zero-order valence-corrected chi connectivity index (χ0v) is 11.5. The molecular formula is C14H19N3O3. The van der Waals surface area contributed by atoms with Crippen LogP contribution in [0.4, 0.5) is 0 Å². The highest BCUT2D eigenvalue weighted by Crippen LogP contribution is 2.15. The molecule has 2 unspecified atom stereocenters. The van der Waals surface area contributed by atoms with Crippen molar-refractivity contribution in [2.24, 2.45) is 0 Å². The molecule has 1 saturated heterocycles. The quantitative estimate of drug-likeness (QED) is 0.887. The van der Waals surface area contributed by atoms with Gasteiger partial charge < -0.3 is 14.5 Å². The van der Waals surface area contributed by atoms with Gasteiger partial charge in [0.2, 0.25) is 0 Å². The number of aromatic nitrogens is 2. The summed E-state index contributed by atoms with van der Waals surface area (Å²) >= 11 is 0. The largest absolute Gasteiger partial charge is 0.421 e. The van der Waals surface area contributed by atoms with E-state index in [2.05, 4.69) is 17.2 Å². The van der Waals surface area contributed by atoms with Gasteiger partial charge >= 0.3 is 5.76 Å². The van der Waals surface area contributed by atoms with E-state index in [1.54, 1.807) is 22.9 Å². The Kier molecular flexibility index (Phi) is 3.84. The number of hydrogen-bond donors (Lipinski definition) is 1. The molecule has 2 aromatic rings. The van der Waals surface area contributed by atoms with Gasteiger partial charge in [0, 0.05) is 31.9 Å². The van der Waals surface area contributed by atoms with Crippen LogP contribution in [-0.2, 0) is 11.3 Å². The van der Waals surface area contributed by atoms with E-state index in [1.807, 2.05) is 0 Å². The van der Waals surface area contributed by atoms with Crippen LogP contribution in [-0.4, -0.2) is 34.8 Å². The van der Waals surface area contributed by atoms with E-state index >= 15 is 0 Å². The maximum absolute atomic E-state index is 11.8. The van der Waals surface area contributed by atoms with Crippen molar-refractivity contribution in [3.05, 3.63) is 28.9 Å². The second-order valence-corrected chi connectivity index (χ2v) is 5.14. The Balaban J connectivity index is 1.62. The molecule has 0 spiro atoms. The van der Waals surface area contributed by atoms with Crippen molar-refractivity contribution in [2.75, 3.05) is 13.2 Å². The lowest BCUT2D eigenvalue weighted by Crippen LogP contribution is -2.39. The highest BCUT2D eigenvalue weighted by atomic mass is 16.5. The molecule has 6 nitrogen and oxygen atoms in total. The molecule has 0 amide bonds. The zero-order valence-electron chi connectivity index (χ0n) is 11.5. The van der Waals surface area contributed by atoms with Gasteiger partial charge in [-0.25, -0.2) is 9.78 Å². The fourth-order valence-electron chi connectivity index (χ4n) is 2.63. The Labute approximate surface area is 116 Å². The van der Waals surface area contributed by atoms with Crippen molar-refractivity contribution in [3.8, 4) is 0 Å². The van der Waals surface area contributed by atoms with Gasteiger partial charge in [-0.15, -0.1) is 0 Å². The van der Waals surface area contributed by atoms with Crippen molar-refractivity contribution in [1.29, 1.82) is 0 Å². The summed E-state index contributed by atoms with van der Waals surface area (Å²) in [4.78, 5) is 16.0. The Bertz CT molecular complexity index is 628. The fourth-order valence-corrected chi connectivity index (χ4v) is 2.63. The van der Waals surface area contributed by atoms with Gasteiger partial charge in [0.1, 0.15) is 0 Å². The summed E-state index contributed by atoms with van der Waals surface area (Å²) in [6.07, 6.45) is 4.18. The smallest absolute Gasteiger partial charge is 0.406 e. The van der Waals surface area contributed by atoms with Gasteiger partial charge in [0.05, 0.1) is 6.10 Å². The summed E-state index contributed by atoms with van der Waals surface area (Å²) in [5.41, 5.74) is 1.13. The van der Waals surface area contributed by atoms with Gasteiger partial charge in [-0.05, 0) is 31.9 Å². The molecule has 0 bridgehead atoms. The number of hydrogen-bond acceptors (Lipinski definition) is 5. The molecule has 0 aromatic carbocycles. The number of nitrogens with zero attached hydrogens (tertiary/aromatic N) is 2. The Morgan fingerprint density at radius 2 is 2.50 bits per heavy atom. The number of pyridine rings is 1. The van der Waals surface area contributed by atoms with Gasteiger partial charge in [-0.1, -0.05) is 0 Å². The Morgan fingerprint density at radius 1 is 1.60 bits per heavy atom. The number of nitrogens with one attached hydrogen (secondary N) is 1. The van der Waals surface area contributed by atoms with Crippen molar-refractivity contribution < 1.29 is 9.15 Å². The lowest BCUT2D eigenvalue weighted by Gasteiger charge is -2.19. The Morgan fingerprint density at radius 3 is 3.30 bits per heavy atom. The summed E-state index contributed by atoms with van der Waals surface area (Å²) in [7, 11) is 0. The molecule has 3 heterocycles. The van der Waals surface area contributed by atoms with Crippen LogP contribution in [0.15, 0.2) is 27.5 Å². The lowest BCUT2D eigenvalue weighted by molar-refractivity contribution is 0.0835. The molecule has 6 heteroatoms. The molecule has 0 saturated carbocycles. The third-order valence-corrected chi connectivity index (χ3v) is 3.75. The average Bonchev–Trinajstić information content (AvgIpc) is 3.07. The first-order valence-corrected chi connectivity index (χ1v) is 7.05. The van der Waals surface area contributed by atoms with Crippen LogP contribution in [0.2, 0.25) is 0 Å². The van der Waals surface area contributed by atoms with Crippen LogP contribution in [0, 0.1) is 0 Å². The van der Waals surface area contributed by atoms with E-state index in [0.717, 1.165) is 19.4 Å². The van der Waals surface area contributed by atoms with E-state index in [1.165, 1.54) is 0 Å². The molecule has 0 radical (unpaired) electrons. The summed E-state index contributed by atoms with van der Waals surface area (Å²) in [6.45, 7) is 4.20. The normalized spacial score (nSPS) is 20.6. The molecule has 1 N–H and O–H groups in total. The van der Waals surface area contributed by atoms with Crippen molar-refractivity contribution in [3.63, 3.8) is 0 Å². The fraction of sp³-hybridized carbons (Fsp3) is 0.571. The number of fused-ring (bicyclic) bond motifs is 1. The molecule has 1 fully saturated rings. The van der Waals surface area contributed by atoms with E-state index < -0.39 is 0 Å². The van der Waals surface area contributed by atoms with Crippen LogP contribution < -0.4 is 11.1 Å². The molecule has 1 aliphatic heterocycles. The van der Waals surface area contributed by atoms with Crippen LogP contribution in [0.1, 0.15) is 19.8 Å². The molecular weight excluding hydrogens is 258 g/mol. The first kappa shape index (κ1) is 13.3. The second kappa shape index (κ2) is 5.76. The number of ether oxygens (including phenoxy) is 1. The van der Waals surface area contributed by atoms with Gasteiger partial charge in [-0.2, -0.15) is 0 Å². The monoisotopic (exact) mass is 277 g/mol. The predicted molar refractivity (Wildman–Crippen MR) is 74.7 cm³/mol. The van der Waals surface area contributed by atoms with E-state index in [-0.39, 0.29) is 11.9 Å². The summed E-state index contributed by atoms with van der Waals surface area (Å²) < 4.78 is 12.3. The summed E-state index contributed by atoms with van der Waals surface area (Å²) in [5, 5.41) is 3.40. The van der Waals surface area contributed by atoms with Gasteiger partial charge in [0.25, 0.3) is 0 Å².